The number of aromatic nitrogens is 2. The number of unbranched alkanes of at least 4 members (excludes halogenated alkanes) is 1. The minimum atomic E-state index is -1.09. The molecule has 0 aliphatic rings. The Morgan fingerprint density at radius 3 is 2.42 bits per heavy atom. The largest absolute Gasteiger partial charge is 0.449 e. The molecule has 3 aromatic rings. The van der Waals surface area contributed by atoms with E-state index in [0.717, 1.165) is 19.4 Å². The van der Waals surface area contributed by atoms with Gasteiger partial charge >= 0.3 is 5.97 Å². The van der Waals surface area contributed by atoms with Gasteiger partial charge in [-0.3, -0.25) is 14.3 Å². The van der Waals surface area contributed by atoms with Crippen LogP contribution in [-0.4, -0.2) is 33.9 Å². The molecule has 1 atom stereocenters. The van der Waals surface area contributed by atoms with Crippen LogP contribution in [0.2, 0.25) is 0 Å². The third-order valence-corrected chi connectivity index (χ3v) is 5.45. The summed E-state index contributed by atoms with van der Waals surface area (Å²) in [7, 11) is 1.74. The molecular weight excluding hydrogens is 420 g/mol. The molecule has 33 heavy (non-hydrogen) atoms. The molecule has 0 radical (unpaired) electrons. The summed E-state index contributed by atoms with van der Waals surface area (Å²) < 4.78 is 8.55. The molecule has 0 aliphatic carbocycles. The highest BCUT2D eigenvalue weighted by Crippen LogP contribution is 2.18. The Bertz CT molecular complexity index is 1180. The number of esters is 1. The van der Waals surface area contributed by atoms with Gasteiger partial charge in [-0.05, 0) is 44.5 Å². The van der Waals surface area contributed by atoms with Crippen molar-refractivity contribution < 1.29 is 14.3 Å². The Morgan fingerprint density at radius 1 is 1.06 bits per heavy atom. The molecule has 0 fully saturated rings. The molecule has 3 rings (SSSR count). The fraction of sp³-hybridized carbons (Fsp3) is 0.320. The fourth-order valence-corrected chi connectivity index (χ4v) is 3.43. The summed E-state index contributed by atoms with van der Waals surface area (Å²) in [4.78, 5) is 38.5. The number of nitrogens with zero attached hydrogens (tertiary/aromatic N) is 2. The Kier molecular flexibility index (Phi) is 7.71. The molecule has 8 heteroatoms. The molecule has 0 saturated heterocycles. The van der Waals surface area contributed by atoms with Gasteiger partial charge in [0.2, 0.25) is 0 Å². The summed E-state index contributed by atoms with van der Waals surface area (Å²) >= 11 is 0. The van der Waals surface area contributed by atoms with Crippen molar-refractivity contribution in [3.63, 3.8) is 0 Å². The topological polar surface area (TPSA) is 94.4 Å². The monoisotopic (exact) mass is 450 g/mol. The molecular formula is C25H30N4O4. The van der Waals surface area contributed by atoms with E-state index in [-0.39, 0.29) is 11.2 Å². The van der Waals surface area contributed by atoms with Crippen LogP contribution in [0.3, 0.4) is 0 Å². The molecule has 1 heterocycles. The number of benzene rings is 2. The number of nitrogens with one attached hydrogen (secondary N) is 2. The smallest absolute Gasteiger partial charge is 0.341 e. The number of carbonyl (C=O) groups excluding carboxylic acids is 2. The molecule has 0 bridgehead atoms. The van der Waals surface area contributed by atoms with Gasteiger partial charge in [-0.15, -0.1) is 0 Å². The van der Waals surface area contributed by atoms with Gasteiger partial charge in [-0.2, -0.15) is 0 Å². The Morgan fingerprint density at radius 2 is 1.73 bits per heavy atom. The van der Waals surface area contributed by atoms with Gasteiger partial charge in [-0.25, -0.2) is 9.48 Å². The van der Waals surface area contributed by atoms with Crippen LogP contribution in [0.5, 0.6) is 0 Å². The van der Waals surface area contributed by atoms with Crippen molar-refractivity contribution in [2.24, 2.45) is 7.05 Å². The number of carbonyl (C=O) groups is 2. The molecule has 0 aliphatic heterocycles. The zero-order chi connectivity index (χ0) is 24.0. The van der Waals surface area contributed by atoms with Crippen LogP contribution in [-0.2, 0) is 16.6 Å². The van der Waals surface area contributed by atoms with Crippen molar-refractivity contribution in [3.8, 4) is 5.69 Å². The van der Waals surface area contributed by atoms with Gasteiger partial charge in [0.25, 0.3) is 11.5 Å². The maximum absolute atomic E-state index is 13.0. The first-order valence-electron chi connectivity index (χ1n) is 11.0. The summed E-state index contributed by atoms with van der Waals surface area (Å²) in [6, 6.07) is 16.2. The second-order valence-electron chi connectivity index (χ2n) is 7.80. The highest BCUT2D eigenvalue weighted by atomic mass is 16.5. The molecule has 8 nitrogen and oxygen atoms in total. The highest BCUT2D eigenvalue weighted by molar-refractivity contribution is 5.99. The first-order valence-corrected chi connectivity index (χ1v) is 11.0. The van der Waals surface area contributed by atoms with Crippen molar-refractivity contribution in [1.29, 1.82) is 0 Å². The lowest BCUT2D eigenvalue weighted by Crippen LogP contribution is -2.32. The lowest BCUT2D eigenvalue weighted by molar-refractivity contribution is -0.123. The fourth-order valence-electron chi connectivity index (χ4n) is 3.43. The second-order valence-corrected chi connectivity index (χ2v) is 7.80. The minimum absolute atomic E-state index is 0.149. The number of rotatable bonds is 9. The van der Waals surface area contributed by atoms with Crippen LogP contribution in [0.1, 0.15) is 42.7 Å². The summed E-state index contributed by atoms with van der Waals surface area (Å²) in [6.45, 7) is 6.04. The van der Waals surface area contributed by atoms with E-state index in [1.807, 2.05) is 36.4 Å². The van der Waals surface area contributed by atoms with E-state index in [0.29, 0.717) is 22.6 Å². The van der Waals surface area contributed by atoms with Crippen LogP contribution in [0.4, 0.5) is 11.4 Å². The minimum Gasteiger partial charge on any atom is -0.449 e. The van der Waals surface area contributed by atoms with Crippen molar-refractivity contribution in [1.82, 2.24) is 9.36 Å². The average Bonchev–Trinajstić information content (AvgIpc) is 3.03. The van der Waals surface area contributed by atoms with Crippen molar-refractivity contribution in [2.75, 3.05) is 17.2 Å². The van der Waals surface area contributed by atoms with Crippen molar-refractivity contribution in [2.45, 2.75) is 39.7 Å². The lowest BCUT2D eigenvalue weighted by Gasteiger charge is -2.15. The molecule has 0 spiro atoms. The van der Waals surface area contributed by atoms with E-state index in [9.17, 15) is 14.4 Å². The SMILES string of the molecule is CCCCNc1ccccc1C(=O)OC(C)C(=O)Nc1c(C)n(C)n(-c2ccccc2)c1=O. The zero-order valence-corrected chi connectivity index (χ0v) is 19.4. The van der Waals surface area contributed by atoms with Crippen LogP contribution in [0, 0.1) is 6.92 Å². The number of ether oxygens (including phenoxy) is 1. The zero-order valence-electron chi connectivity index (χ0n) is 19.4. The molecule has 0 saturated carbocycles. The van der Waals surface area contributed by atoms with Gasteiger partial charge < -0.3 is 15.4 Å². The predicted octanol–water partition coefficient (Wildman–Crippen LogP) is 3.88. The average molecular weight is 451 g/mol. The van der Waals surface area contributed by atoms with Gasteiger partial charge in [0.1, 0.15) is 5.69 Å². The molecule has 174 valence electrons. The standard InChI is InChI=1S/C25H30N4O4/c1-5-6-16-26-21-15-11-10-14-20(21)25(32)33-18(3)23(30)27-22-17(2)28(4)29(24(22)31)19-12-8-7-9-13-19/h7-15,18,26H,5-6,16H2,1-4H3,(H,27,30). The number of hydrogen-bond acceptors (Lipinski definition) is 5. The normalized spacial score (nSPS) is 11.6. The Labute approximate surface area is 193 Å². The number of hydrogen-bond donors (Lipinski definition) is 2. The summed E-state index contributed by atoms with van der Waals surface area (Å²) in [5, 5.41) is 5.87. The van der Waals surface area contributed by atoms with E-state index in [2.05, 4.69) is 17.6 Å². The van der Waals surface area contributed by atoms with Crippen LogP contribution in [0.25, 0.3) is 5.69 Å². The lowest BCUT2D eigenvalue weighted by atomic mass is 10.1. The Hall–Kier alpha value is -3.81. The molecule has 2 N–H and O–H groups in total. The van der Waals surface area contributed by atoms with E-state index in [1.165, 1.54) is 11.6 Å². The summed E-state index contributed by atoms with van der Waals surface area (Å²) in [5.41, 5.74) is 2.07. The Balaban J connectivity index is 1.74. The quantitative estimate of drug-likeness (QED) is 0.381. The van der Waals surface area contributed by atoms with E-state index in [1.54, 1.807) is 36.9 Å². The first kappa shape index (κ1) is 23.8. The van der Waals surface area contributed by atoms with Gasteiger partial charge in [0, 0.05) is 19.3 Å². The predicted molar refractivity (Wildman–Crippen MR) is 129 cm³/mol. The third-order valence-electron chi connectivity index (χ3n) is 5.45. The molecule has 1 amide bonds. The number of anilines is 2. The molecule has 2 aromatic carbocycles. The number of amides is 1. The van der Waals surface area contributed by atoms with Crippen LogP contribution in [0.15, 0.2) is 59.4 Å². The third kappa shape index (κ3) is 5.34. The van der Waals surface area contributed by atoms with Gasteiger partial charge in [0.15, 0.2) is 6.10 Å². The van der Waals surface area contributed by atoms with E-state index in [4.69, 9.17) is 4.74 Å². The van der Waals surface area contributed by atoms with Gasteiger partial charge in [0.05, 0.1) is 16.9 Å². The van der Waals surface area contributed by atoms with Crippen molar-refractivity contribution in [3.05, 3.63) is 76.2 Å². The maximum Gasteiger partial charge on any atom is 0.341 e. The highest BCUT2D eigenvalue weighted by Gasteiger charge is 2.24. The van der Waals surface area contributed by atoms with Crippen LogP contribution < -0.4 is 16.2 Å². The van der Waals surface area contributed by atoms with E-state index < -0.39 is 18.0 Å². The van der Waals surface area contributed by atoms with E-state index >= 15 is 0 Å². The van der Waals surface area contributed by atoms with Crippen LogP contribution >= 0.6 is 0 Å². The molecule has 1 aromatic heterocycles. The second kappa shape index (κ2) is 10.7. The first-order chi connectivity index (χ1) is 15.8. The van der Waals surface area contributed by atoms with Crippen molar-refractivity contribution >= 4 is 23.3 Å². The molecule has 1 unspecified atom stereocenters. The summed E-state index contributed by atoms with van der Waals surface area (Å²) in [6.07, 6.45) is 0.909. The van der Waals surface area contributed by atoms with Gasteiger partial charge in [-0.1, -0.05) is 43.7 Å². The summed E-state index contributed by atoms with van der Waals surface area (Å²) in [5.74, 6) is -1.19. The maximum atomic E-state index is 13.0. The number of para-hydroxylation sites is 2.